The summed E-state index contributed by atoms with van der Waals surface area (Å²) in [6.07, 6.45) is 2.29. The van der Waals surface area contributed by atoms with Crippen LogP contribution in [0.1, 0.15) is 24.8 Å². The number of nitrogens with zero attached hydrogens (tertiary/aromatic N) is 1. The summed E-state index contributed by atoms with van der Waals surface area (Å²) in [5, 5.41) is 0. The maximum atomic E-state index is 12.2. The van der Waals surface area contributed by atoms with Gasteiger partial charge in [0.05, 0.1) is 6.61 Å². The number of halogens is 1. The first-order chi connectivity index (χ1) is 9.27. The zero-order chi connectivity index (χ0) is 13.9. The second-order valence-electron chi connectivity index (χ2n) is 4.44. The third-order valence-electron chi connectivity index (χ3n) is 2.91. The summed E-state index contributed by atoms with van der Waals surface area (Å²) in [4.78, 5) is 14.0. The predicted octanol–water partition coefficient (Wildman–Crippen LogP) is 3.07. The van der Waals surface area contributed by atoms with Crippen LogP contribution >= 0.6 is 11.6 Å². The van der Waals surface area contributed by atoms with Gasteiger partial charge in [-0.25, -0.2) is 0 Å². The molecule has 0 bridgehead atoms. The fourth-order valence-electron chi connectivity index (χ4n) is 1.83. The molecule has 0 fully saturated rings. The number of alkyl halides is 1. The Morgan fingerprint density at radius 1 is 1.26 bits per heavy atom. The summed E-state index contributed by atoms with van der Waals surface area (Å²) >= 11 is 5.63. The van der Waals surface area contributed by atoms with Crippen molar-refractivity contribution >= 4 is 17.5 Å². The number of amides is 1. The molecule has 0 aromatic heterocycles. The minimum absolute atomic E-state index is 0.172. The molecule has 0 N–H and O–H groups in total. The smallest absolute Gasteiger partial charge is 0.222 e. The van der Waals surface area contributed by atoms with Gasteiger partial charge in [0.1, 0.15) is 0 Å². The van der Waals surface area contributed by atoms with Gasteiger partial charge < -0.3 is 9.64 Å². The SMILES string of the molecule is COCCN(Cc1ccccc1)C(=O)CCCCCl. The third-order valence-corrected chi connectivity index (χ3v) is 3.18. The highest BCUT2D eigenvalue weighted by molar-refractivity contribution is 6.17. The Kier molecular flexibility index (Phi) is 8.26. The second kappa shape index (κ2) is 9.82. The van der Waals surface area contributed by atoms with Gasteiger partial charge in [0.2, 0.25) is 5.91 Å². The second-order valence-corrected chi connectivity index (χ2v) is 4.82. The van der Waals surface area contributed by atoms with Crippen molar-refractivity contribution in [2.45, 2.75) is 25.8 Å². The normalized spacial score (nSPS) is 10.4. The Labute approximate surface area is 120 Å². The van der Waals surface area contributed by atoms with Crippen LogP contribution in [0.4, 0.5) is 0 Å². The number of carbonyl (C=O) groups is 1. The van der Waals surface area contributed by atoms with E-state index in [4.69, 9.17) is 16.3 Å². The van der Waals surface area contributed by atoms with E-state index in [2.05, 4.69) is 0 Å². The molecule has 106 valence electrons. The molecule has 0 aliphatic rings. The van der Waals surface area contributed by atoms with Crippen molar-refractivity contribution in [2.75, 3.05) is 26.1 Å². The maximum absolute atomic E-state index is 12.2. The van der Waals surface area contributed by atoms with Gasteiger partial charge >= 0.3 is 0 Å². The molecule has 0 unspecified atom stereocenters. The molecule has 0 aliphatic heterocycles. The van der Waals surface area contributed by atoms with Crippen molar-refractivity contribution in [1.29, 1.82) is 0 Å². The summed E-state index contributed by atoms with van der Waals surface area (Å²) in [6, 6.07) is 10.0. The van der Waals surface area contributed by atoms with Crippen LogP contribution < -0.4 is 0 Å². The molecule has 1 rings (SSSR count). The van der Waals surface area contributed by atoms with Crippen molar-refractivity contribution in [3.63, 3.8) is 0 Å². The van der Waals surface area contributed by atoms with Gasteiger partial charge in [0.25, 0.3) is 0 Å². The van der Waals surface area contributed by atoms with Crippen molar-refractivity contribution in [1.82, 2.24) is 4.90 Å². The van der Waals surface area contributed by atoms with E-state index in [0.717, 1.165) is 18.4 Å². The first-order valence-corrected chi connectivity index (χ1v) is 7.18. The monoisotopic (exact) mass is 283 g/mol. The molecule has 0 atom stereocenters. The molecule has 0 saturated heterocycles. The van der Waals surface area contributed by atoms with Crippen molar-refractivity contribution in [3.8, 4) is 0 Å². The van der Waals surface area contributed by atoms with Crippen LogP contribution in [0.15, 0.2) is 30.3 Å². The first kappa shape index (κ1) is 16.0. The number of unbranched alkanes of at least 4 members (excludes halogenated alkanes) is 1. The Morgan fingerprint density at radius 3 is 2.63 bits per heavy atom. The molecule has 0 spiro atoms. The van der Waals surface area contributed by atoms with Crippen molar-refractivity contribution < 1.29 is 9.53 Å². The first-order valence-electron chi connectivity index (χ1n) is 6.64. The van der Waals surface area contributed by atoms with E-state index in [-0.39, 0.29) is 5.91 Å². The maximum Gasteiger partial charge on any atom is 0.222 e. The van der Waals surface area contributed by atoms with E-state index in [1.165, 1.54) is 0 Å². The molecular formula is C15H22ClNO2. The fourth-order valence-corrected chi connectivity index (χ4v) is 2.02. The summed E-state index contributed by atoms with van der Waals surface area (Å²) < 4.78 is 5.07. The summed E-state index contributed by atoms with van der Waals surface area (Å²) in [7, 11) is 1.65. The summed E-state index contributed by atoms with van der Waals surface area (Å²) in [5.74, 6) is 0.787. The standard InChI is InChI=1S/C15H22ClNO2/c1-19-12-11-17(15(18)9-5-6-10-16)13-14-7-3-2-4-8-14/h2-4,7-8H,5-6,9-13H2,1H3. The van der Waals surface area contributed by atoms with Gasteiger partial charge in [-0.2, -0.15) is 0 Å². The molecule has 4 heteroatoms. The van der Waals surface area contributed by atoms with Gasteiger partial charge in [0, 0.05) is 32.5 Å². The van der Waals surface area contributed by atoms with Gasteiger partial charge in [-0.3, -0.25) is 4.79 Å². The summed E-state index contributed by atoms with van der Waals surface area (Å²) in [5.41, 5.74) is 1.14. The molecule has 19 heavy (non-hydrogen) atoms. The number of carbonyl (C=O) groups excluding carboxylic acids is 1. The Hall–Kier alpha value is -1.06. The topological polar surface area (TPSA) is 29.5 Å². The Morgan fingerprint density at radius 2 is 2.00 bits per heavy atom. The Bertz CT molecular complexity index is 356. The highest BCUT2D eigenvalue weighted by Crippen LogP contribution is 2.08. The van der Waals surface area contributed by atoms with Crippen LogP contribution in [0, 0.1) is 0 Å². The van der Waals surface area contributed by atoms with E-state index >= 15 is 0 Å². The minimum Gasteiger partial charge on any atom is -0.383 e. The van der Waals surface area contributed by atoms with Crippen molar-refractivity contribution in [3.05, 3.63) is 35.9 Å². The molecule has 3 nitrogen and oxygen atoms in total. The molecule has 0 heterocycles. The average Bonchev–Trinajstić information content (AvgIpc) is 2.44. The van der Waals surface area contributed by atoms with Crippen LogP contribution in [0.25, 0.3) is 0 Å². The molecule has 0 radical (unpaired) electrons. The van der Waals surface area contributed by atoms with E-state index in [9.17, 15) is 4.79 Å². The highest BCUT2D eigenvalue weighted by Gasteiger charge is 2.13. The third kappa shape index (κ3) is 6.60. The molecule has 1 amide bonds. The van der Waals surface area contributed by atoms with E-state index in [1.54, 1.807) is 7.11 Å². The number of ether oxygens (including phenoxy) is 1. The predicted molar refractivity (Wildman–Crippen MR) is 78.3 cm³/mol. The van der Waals surface area contributed by atoms with Crippen LogP contribution in [0.2, 0.25) is 0 Å². The molecule has 1 aromatic carbocycles. The Balaban J connectivity index is 2.53. The number of methoxy groups -OCH3 is 1. The highest BCUT2D eigenvalue weighted by atomic mass is 35.5. The number of rotatable bonds is 9. The van der Waals surface area contributed by atoms with Gasteiger partial charge in [-0.05, 0) is 18.4 Å². The lowest BCUT2D eigenvalue weighted by atomic mass is 10.2. The number of hydrogen-bond donors (Lipinski definition) is 0. The lowest BCUT2D eigenvalue weighted by Crippen LogP contribution is -2.33. The average molecular weight is 284 g/mol. The molecule has 1 aromatic rings. The zero-order valence-electron chi connectivity index (χ0n) is 11.5. The summed E-state index contributed by atoms with van der Waals surface area (Å²) in [6.45, 7) is 1.84. The lowest BCUT2D eigenvalue weighted by Gasteiger charge is -2.22. The van der Waals surface area contributed by atoms with Crippen LogP contribution in [-0.2, 0) is 16.1 Å². The molecular weight excluding hydrogens is 262 g/mol. The van der Waals surface area contributed by atoms with Gasteiger partial charge in [0.15, 0.2) is 0 Å². The lowest BCUT2D eigenvalue weighted by molar-refractivity contribution is -0.132. The van der Waals surface area contributed by atoms with Gasteiger partial charge in [-0.15, -0.1) is 11.6 Å². The van der Waals surface area contributed by atoms with E-state index in [1.807, 2.05) is 35.2 Å². The van der Waals surface area contributed by atoms with Crippen LogP contribution in [0.5, 0.6) is 0 Å². The van der Waals surface area contributed by atoms with Crippen molar-refractivity contribution in [2.24, 2.45) is 0 Å². The van der Waals surface area contributed by atoms with E-state index in [0.29, 0.717) is 32.0 Å². The molecule has 0 aliphatic carbocycles. The number of benzene rings is 1. The quantitative estimate of drug-likeness (QED) is 0.515. The largest absolute Gasteiger partial charge is 0.383 e. The van der Waals surface area contributed by atoms with Gasteiger partial charge in [-0.1, -0.05) is 30.3 Å². The van der Waals surface area contributed by atoms with E-state index < -0.39 is 0 Å². The fraction of sp³-hybridized carbons (Fsp3) is 0.533. The number of hydrogen-bond acceptors (Lipinski definition) is 2. The zero-order valence-corrected chi connectivity index (χ0v) is 12.2. The van der Waals surface area contributed by atoms with Crippen LogP contribution in [-0.4, -0.2) is 36.9 Å². The minimum atomic E-state index is 0.172. The van der Waals surface area contributed by atoms with Crippen LogP contribution in [0.3, 0.4) is 0 Å². The molecule has 0 saturated carbocycles.